The maximum Gasteiger partial charge on any atom is 0.220 e. The Morgan fingerprint density at radius 3 is 2.33 bits per heavy atom. The zero-order chi connectivity index (χ0) is 16.8. The summed E-state index contributed by atoms with van der Waals surface area (Å²) in [6, 6.07) is 18.6. The molecule has 2 aromatic carbocycles. The molecule has 3 nitrogen and oxygen atoms in total. The molecule has 2 aromatic rings. The van der Waals surface area contributed by atoms with Crippen LogP contribution in [0, 0.1) is 0 Å². The first-order chi connectivity index (χ1) is 11.7. The highest BCUT2D eigenvalue weighted by atomic mass is 32.2. The smallest absolute Gasteiger partial charge is 0.220 e. The monoisotopic (exact) mass is 341 g/mol. The van der Waals surface area contributed by atoms with Gasteiger partial charge in [0.05, 0.1) is 5.60 Å². The van der Waals surface area contributed by atoms with Crippen LogP contribution >= 0.6 is 11.8 Å². The Morgan fingerprint density at radius 1 is 1.08 bits per heavy atom. The molecular weight excluding hydrogens is 318 g/mol. The molecule has 0 atom stereocenters. The van der Waals surface area contributed by atoms with E-state index in [1.807, 2.05) is 18.2 Å². The van der Waals surface area contributed by atoms with Crippen molar-refractivity contribution in [2.24, 2.45) is 0 Å². The summed E-state index contributed by atoms with van der Waals surface area (Å²) in [4.78, 5) is 13.3. The molecular formula is C20H23NO2S. The SMILES string of the molecule is COC1(CNC(=O)CCSc2ccccc2)Cc2ccccc2C1. The molecule has 0 unspecified atom stereocenters. The van der Waals surface area contributed by atoms with Gasteiger partial charge in [-0.1, -0.05) is 42.5 Å². The minimum absolute atomic E-state index is 0.0887. The van der Waals surface area contributed by atoms with Gasteiger partial charge in [-0.3, -0.25) is 4.79 Å². The maximum atomic E-state index is 12.1. The predicted octanol–water partition coefficient (Wildman–Crippen LogP) is 3.47. The van der Waals surface area contributed by atoms with Gasteiger partial charge >= 0.3 is 0 Å². The molecule has 4 heteroatoms. The third-order valence-corrected chi connectivity index (χ3v) is 5.54. The number of rotatable bonds is 7. The van der Waals surface area contributed by atoms with Crippen LogP contribution in [0.25, 0.3) is 0 Å². The minimum atomic E-state index is -0.300. The van der Waals surface area contributed by atoms with Gasteiger partial charge in [0, 0.05) is 43.6 Å². The largest absolute Gasteiger partial charge is 0.376 e. The molecule has 3 rings (SSSR count). The van der Waals surface area contributed by atoms with Gasteiger partial charge in [-0.15, -0.1) is 11.8 Å². The summed E-state index contributed by atoms with van der Waals surface area (Å²) >= 11 is 1.71. The van der Waals surface area contributed by atoms with E-state index in [4.69, 9.17) is 4.74 Å². The Labute approximate surface area is 147 Å². The Bertz CT molecular complexity index is 662. The fourth-order valence-corrected chi connectivity index (χ4v) is 4.00. The molecule has 0 aliphatic heterocycles. The summed E-state index contributed by atoms with van der Waals surface area (Å²) < 4.78 is 5.79. The van der Waals surface area contributed by atoms with Crippen molar-refractivity contribution in [3.8, 4) is 0 Å². The highest BCUT2D eigenvalue weighted by Crippen LogP contribution is 2.32. The molecule has 1 N–H and O–H groups in total. The number of thioether (sulfide) groups is 1. The van der Waals surface area contributed by atoms with Crippen molar-refractivity contribution in [1.29, 1.82) is 0 Å². The second-order valence-corrected chi connectivity index (χ2v) is 7.37. The minimum Gasteiger partial charge on any atom is -0.376 e. The van der Waals surface area contributed by atoms with Crippen LogP contribution in [0.15, 0.2) is 59.5 Å². The summed E-state index contributed by atoms with van der Waals surface area (Å²) in [6.07, 6.45) is 2.24. The van der Waals surface area contributed by atoms with E-state index < -0.39 is 0 Å². The first-order valence-electron chi connectivity index (χ1n) is 8.27. The van der Waals surface area contributed by atoms with Gasteiger partial charge in [0.2, 0.25) is 5.91 Å². The van der Waals surface area contributed by atoms with Crippen LogP contribution in [-0.4, -0.2) is 30.9 Å². The standard InChI is InChI=1S/C20H23NO2S/c1-23-20(13-16-7-5-6-8-17(16)14-20)15-21-19(22)11-12-24-18-9-3-2-4-10-18/h2-10H,11-15H2,1H3,(H,21,22). The molecule has 0 spiro atoms. The van der Waals surface area contributed by atoms with Gasteiger partial charge in [-0.25, -0.2) is 0 Å². The van der Waals surface area contributed by atoms with Crippen molar-refractivity contribution in [2.75, 3.05) is 19.4 Å². The number of nitrogens with one attached hydrogen (secondary N) is 1. The number of ether oxygens (including phenoxy) is 1. The number of hydrogen-bond donors (Lipinski definition) is 1. The highest BCUT2D eigenvalue weighted by Gasteiger charge is 2.37. The fourth-order valence-electron chi connectivity index (χ4n) is 3.13. The van der Waals surface area contributed by atoms with Gasteiger partial charge in [0.25, 0.3) is 0 Å². The molecule has 1 amide bonds. The van der Waals surface area contributed by atoms with Gasteiger partial charge < -0.3 is 10.1 Å². The molecule has 0 saturated heterocycles. The lowest BCUT2D eigenvalue weighted by molar-refractivity contribution is -0.122. The number of amides is 1. The van der Waals surface area contributed by atoms with Crippen molar-refractivity contribution in [3.05, 3.63) is 65.7 Å². The summed E-state index contributed by atoms with van der Waals surface area (Å²) in [5, 5.41) is 3.06. The van der Waals surface area contributed by atoms with E-state index in [1.165, 1.54) is 16.0 Å². The molecule has 1 aliphatic carbocycles. The van der Waals surface area contributed by atoms with Crippen LogP contribution in [0.1, 0.15) is 17.5 Å². The number of methoxy groups -OCH3 is 1. The average Bonchev–Trinajstić information content (AvgIpc) is 3.00. The lowest BCUT2D eigenvalue weighted by Crippen LogP contribution is -2.45. The van der Waals surface area contributed by atoms with E-state index in [1.54, 1.807) is 18.9 Å². The fraction of sp³-hybridized carbons (Fsp3) is 0.350. The Kier molecular flexibility index (Phi) is 5.59. The van der Waals surface area contributed by atoms with Crippen molar-refractivity contribution in [2.45, 2.75) is 29.8 Å². The Morgan fingerprint density at radius 2 is 1.71 bits per heavy atom. The normalized spacial score (nSPS) is 15.0. The summed E-state index contributed by atoms with van der Waals surface area (Å²) in [5.74, 6) is 0.876. The van der Waals surface area contributed by atoms with E-state index in [0.29, 0.717) is 13.0 Å². The molecule has 0 fully saturated rings. The quantitative estimate of drug-likeness (QED) is 0.784. The number of benzene rings is 2. The molecule has 0 radical (unpaired) electrons. The summed E-state index contributed by atoms with van der Waals surface area (Å²) in [5.41, 5.74) is 2.35. The summed E-state index contributed by atoms with van der Waals surface area (Å²) in [6.45, 7) is 0.563. The average molecular weight is 341 g/mol. The topological polar surface area (TPSA) is 38.3 Å². The Hall–Kier alpha value is -1.78. The predicted molar refractivity (Wildman–Crippen MR) is 98.4 cm³/mol. The summed E-state index contributed by atoms with van der Waals surface area (Å²) in [7, 11) is 1.74. The first kappa shape index (κ1) is 17.1. The number of fused-ring (bicyclic) bond motifs is 1. The van der Waals surface area contributed by atoms with Crippen LogP contribution in [0.3, 0.4) is 0 Å². The van der Waals surface area contributed by atoms with E-state index >= 15 is 0 Å². The van der Waals surface area contributed by atoms with Gasteiger partial charge in [0.1, 0.15) is 0 Å². The van der Waals surface area contributed by atoms with Gasteiger partial charge in [-0.2, -0.15) is 0 Å². The highest BCUT2D eigenvalue weighted by molar-refractivity contribution is 7.99. The third kappa shape index (κ3) is 4.19. The molecule has 0 saturated carbocycles. The lowest BCUT2D eigenvalue weighted by atomic mass is 10.00. The molecule has 0 bridgehead atoms. The van der Waals surface area contributed by atoms with Crippen LogP contribution in [0.4, 0.5) is 0 Å². The maximum absolute atomic E-state index is 12.1. The van der Waals surface area contributed by atoms with E-state index in [2.05, 4.69) is 41.7 Å². The number of hydrogen-bond acceptors (Lipinski definition) is 3. The molecule has 24 heavy (non-hydrogen) atoms. The Balaban J connectivity index is 1.45. The first-order valence-corrected chi connectivity index (χ1v) is 9.26. The van der Waals surface area contributed by atoms with Gasteiger partial charge in [-0.05, 0) is 23.3 Å². The van der Waals surface area contributed by atoms with Crippen molar-refractivity contribution < 1.29 is 9.53 Å². The zero-order valence-electron chi connectivity index (χ0n) is 14.0. The molecule has 0 heterocycles. The van der Waals surface area contributed by atoms with Crippen molar-refractivity contribution in [1.82, 2.24) is 5.32 Å². The van der Waals surface area contributed by atoms with Crippen LogP contribution < -0.4 is 5.32 Å². The number of carbonyl (C=O) groups is 1. The third-order valence-electron chi connectivity index (χ3n) is 4.53. The zero-order valence-corrected chi connectivity index (χ0v) is 14.8. The second-order valence-electron chi connectivity index (χ2n) is 6.20. The van der Waals surface area contributed by atoms with E-state index in [9.17, 15) is 4.79 Å². The van der Waals surface area contributed by atoms with E-state index in [-0.39, 0.29) is 11.5 Å². The van der Waals surface area contributed by atoms with Crippen LogP contribution in [0.5, 0.6) is 0 Å². The van der Waals surface area contributed by atoms with Crippen molar-refractivity contribution >= 4 is 17.7 Å². The van der Waals surface area contributed by atoms with E-state index in [0.717, 1.165) is 18.6 Å². The molecule has 1 aliphatic rings. The molecule has 0 aromatic heterocycles. The van der Waals surface area contributed by atoms with Crippen LogP contribution in [0.2, 0.25) is 0 Å². The van der Waals surface area contributed by atoms with Gasteiger partial charge in [0.15, 0.2) is 0 Å². The lowest BCUT2D eigenvalue weighted by Gasteiger charge is -2.27. The van der Waals surface area contributed by atoms with Crippen LogP contribution in [-0.2, 0) is 22.4 Å². The number of carbonyl (C=O) groups excluding carboxylic acids is 1. The van der Waals surface area contributed by atoms with Crippen molar-refractivity contribution in [3.63, 3.8) is 0 Å². The second kappa shape index (κ2) is 7.86. The molecule has 126 valence electrons.